The van der Waals surface area contributed by atoms with Crippen molar-refractivity contribution in [2.24, 2.45) is 4.99 Å². The molecule has 0 unspecified atom stereocenters. The molecule has 2 heterocycles. The summed E-state index contributed by atoms with van der Waals surface area (Å²) < 4.78 is 13.8. The van der Waals surface area contributed by atoms with Crippen LogP contribution in [0, 0.1) is 5.82 Å². The summed E-state index contributed by atoms with van der Waals surface area (Å²) in [5, 5.41) is 0. The lowest BCUT2D eigenvalue weighted by atomic mass is 10.0. The van der Waals surface area contributed by atoms with Gasteiger partial charge < -0.3 is 0 Å². The van der Waals surface area contributed by atoms with E-state index in [0.717, 1.165) is 15.7 Å². The maximum atomic E-state index is 12.8. The fraction of sp³-hybridized carbons (Fsp3) is 0.0769. The van der Waals surface area contributed by atoms with Crippen LogP contribution in [0.25, 0.3) is 0 Å². The van der Waals surface area contributed by atoms with Crippen LogP contribution in [0.3, 0.4) is 0 Å². The Bertz CT molecular complexity index is 605. The summed E-state index contributed by atoms with van der Waals surface area (Å²) >= 11 is 3.44. The minimum Gasteiger partial charge on any atom is -0.278 e. The third kappa shape index (κ3) is 1.89. The highest BCUT2D eigenvalue weighted by Crippen LogP contribution is 2.25. The normalized spacial score (nSPS) is 13.4. The lowest BCUT2D eigenvalue weighted by molar-refractivity contribution is 0.621. The highest BCUT2D eigenvalue weighted by atomic mass is 79.9. The monoisotopic (exact) mass is 290 g/mol. The van der Waals surface area contributed by atoms with E-state index < -0.39 is 0 Å². The maximum absolute atomic E-state index is 12.8. The van der Waals surface area contributed by atoms with Crippen LogP contribution < -0.4 is 0 Å². The molecule has 2 nitrogen and oxygen atoms in total. The highest BCUT2D eigenvalue weighted by molar-refractivity contribution is 9.10. The van der Waals surface area contributed by atoms with Crippen LogP contribution in [-0.2, 0) is 6.54 Å². The van der Waals surface area contributed by atoms with Gasteiger partial charge in [0.1, 0.15) is 5.82 Å². The van der Waals surface area contributed by atoms with E-state index in [2.05, 4.69) is 25.9 Å². The van der Waals surface area contributed by atoms with Crippen LogP contribution in [0.2, 0.25) is 0 Å². The van der Waals surface area contributed by atoms with E-state index in [-0.39, 0.29) is 5.82 Å². The van der Waals surface area contributed by atoms with Gasteiger partial charge >= 0.3 is 0 Å². The smallest absolute Gasteiger partial charge is 0.141 e. The Morgan fingerprint density at radius 2 is 2.06 bits per heavy atom. The van der Waals surface area contributed by atoms with Crippen molar-refractivity contribution in [3.8, 4) is 0 Å². The largest absolute Gasteiger partial charge is 0.278 e. The zero-order valence-electron chi connectivity index (χ0n) is 8.82. The van der Waals surface area contributed by atoms with Gasteiger partial charge in [0.2, 0.25) is 0 Å². The van der Waals surface area contributed by atoms with Crippen molar-refractivity contribution in [3.05, 3.63) is 63.6 Å². The number of hydrogen-bond donors (Lipinski definition) is 0. The van der Waals surface area contributed by atoms with Crippen molar-refractivity contribution in [1.82, 2.24) is 4.98 Å². The van der Waals surface area contributed by atoms with Crippen molar-refractivity contribution >= 4 is 21.6 Å². The number of aromatic nitrogens is 1. The summed E-state index contributed by atoms with van der Waals surface area (Å²) in [5.41, 5.74) is 3.79. The van der Waals surface area contributed by atoms with Gasteiger partial charge in [-0.05, 0) is 29.8 Å². The SMILES string of the molecule is Fc1ccc(C2=NCc3ccc(Br)cc32)nc1. The highest BCUT2D eigenvalue weighted by Gasteiger charge is 2.18. The van der Waals surface area contributed by atoms with Crippen LogP contribution in [-0.4, -0.2) is 10.7 Å². The van der Waals surface area contributed by atoms with Crippen LogP contribution in [0.4, 0.5) is 4.39 Å². The van der Waals surface area contributed by atoms with E-state index in [0.29, 0.717) is 12.2 Å². The molecule has 0 fully saturated rings. The predicted octanol–water partition coefficient (Wildman–Crippen LogP) is 3.33. The number of nitrogens with zero attached hydrogens (tertiary/aromatic N) is 2. The van der Waals surface area contributed by atoms with E-state index in [1.807, 2.05) is 18.2 Å². The van der Waals surface area contributed by atoms with Gasteiger partial charge in [0.15, 0.2) is 0 Å². The van der Waals surface area contributed by atoms with Gasteiger partial charge in [0, 0.05) is 10.0 Å². The number of fused-ring (bicyclic) bond motifs is 1. The lowest BCUT2D eigenvalue weighted by Gasteiger charge is -2.03. The van der Waals surface area contributed by atoms with E-state index in [1.54, 1.807) is 6.07 Å². The number of halogens is 2. The van der Waals surface area contributed by atoms with E-state index in [9.17, 15) is 4.39 Å². The number of pyridine rings is 1. The van der Waals surface area contributed by atoms with Gasteiger partial charge in [-0.3, -0.25) is 9.98 Å². The molecule has 0 spiro atoms. The molecule has 3 rings (SSSR count). The molecule has 0 bridgehead atoms. The zero-order valence-corrected chi connectivity index (χ0v) is 10.4. The van der Waals surface area contributed by atoms with Crippen LogP contribution >= 0.6 is 15.9 Å². The maximum Gasteiger partial charge on any atom is 0.141 e. The first-order valence-electron chi connectivity index (χ1n) is 5.19. The molecule has 17 heavy (non-hydrogen) atoms. The molecule has 0 saturated carbocycles. The summed E-state index contributed by atoms with van der Waals surface area (Å²) in [7, 11) is 0. The molecular weight excluding hydrogens is 283 g/mol. The summed E-state index contributed by atoms with van der Waals surface area (Å²) in [6, 6.07) is 9.12. The zero-order chi connectivity index (χ0) is 11.8. The molecule has 0 amide bonds. The molecule has 84 valence electrons. The molecule has 4 heteroatoms. The summed E-state index contributed by atoms with van der Waals surface area (Å²) in [6.07, 6.45) is 1.22. The third-order valence-corrected chi connectivity index (χ3v) is 3.20. The van der Waals surface area contributed by atoms with E-state index in [4.69, 9.17) is 0 Å². The van der Waals surface area contributed by atoms with Crippen molar-refractivity contribution < 1.29 is 4.39 Å². The first-order chi connectivity index (χ1) is 8.24. The topological polar surface area (TPSA) is 25.2 Å². The average Bonchev–Trinajstić information content (AvgIpc) is 2.73. The fourth-order valence-electron chi connectivity index (χ4n) is 1.89. The number of benzene rings is 1. The first kappa shape index (κ1) is 10.6. The summed E-state index contributed by atoms with van der Waals surface area (Å²) in [5.74, 6) is -0.332. The molecule has 0 saturated heterocycles. The first-order valence-corrected chi connectivity index (χ1v) is 5.98. The molecule has 0 aliphatic carbocycles. The van der Waals surface area contributed by atoms with Gasteiger partial charge in [0.05, 0.1) is 24.1 Å². The summed E-state index contributed by atoms with van der Waals surface area (Å²) in [4.78, 5) is 8.52. The second-order valence-electron chi connectivity index (χ2n) is 3.83. The molecule has 1 aliphatic heterocycles. The Morgan fingerprint density at radius 3 is 2.82 bits per heavy atom. The molecule has 0 atom stereocenters. The Labute approximate surface area is 106 Å². The van der Waals surface area contributed by atoms with Crippen LogP contribution in [0.5, 0.6) is 0 Å². The predicted molar refractivity (Wildman–Crippen MR) is 67.7 cm³/mol. The summed E-state index contributed by atoms with van der Waals surface area (Å²) in [6.45, 7) is 0.664. The Kier molecular flexibility index (Phi) is 2.52. The molecule has 0 N–H and O–H groups in total. The number of hydrogen-bond acceptors (Lipinski definition) is 2. The number of aliphatic imine (C=N–C) groups is 1. The fourth-order valence-corrected chi connectivity index (χ4v) is 2.25. The second-order valence-corrected chi connectivity index (χ2v) is 4.74. The van der Waals surface area contributed by atoms with Crippen molar-refractivity contribution in [3.63, 3.8) is 0 Å². The minimum atomic E-state index is -0.332. The molecular formula is C13H8BrFN2. The molecule has 1 aromatic carbocycles. The molecule has 2 aromatic rings. The van der Waals surface area contributed by atoms with Crippen LogP contribution in [0.1, 0.15) is 16.8 Å². The standard InChI is InChI=1S/C13H8BrFN2/c14-9-2-1-8-6-17-13(11(8)5-9)12-4-3-10(15)7-16-12/h1-5,7H,6H2. The van der Waals surface area contributed by atoms with E-state index in [1.165, 1.54) is 17.8 Å². The Balaban J connectivity index is 2.08. The van der Waals surface area contributed by atoms with Gasteiger partial charge in [0.25, 0.3) is 0 Å². The second kappa shape index (κ2) is 4.04. The average molecular weight is 291 g/mol. The lowest BCUT2D eigenvalue weighted by Crippen LogP contribution is -2.03. The Morgan fingerprint density at radius 1 is 1.18 bits per heavy atom. The Hall–Kier alpha value is -1.55. The van der Waals surface area contributed by atoms with Gasteiger partial charge in [-0.1, -0.05) is 22.0 Å². The van der Waals surface area contributed by atoms with Crippen molar-refractivity contribution in [2.75, 3.05) is 0 Å². The number of rotatable bonds is 1. The van der Waals surface area contributed by atoms with Crippen molar-refractivity contribution in [2.45, 2.75) is 6.54 Å². The molecule has 1 aliphatic rings. The minimum absolute atomic E-state index is 0.332. The van der Waals surface area contributed by atoms with Gasteiger partial charge in [-0.2, -0.15) is 0 Å². The van der Waals surface area contributed by atoms with Crippen LogP contribution in [0.15, 0.2) is 46.0 Å². The van der Waals surface area contributed by atoms with Gasteiger partial charge in [-0.15, -0.1) is 0 Å². The molecule has 0 radical (unpaired) electrons. The quantitative estimate of drug-likeness (QED) is 0.791. The van der Waals surface area contributed by atoms with E-state index >= 15 is 0 Å². The van der Waals surface area contributed by atoms with Crippen molar-refractivity contribution in [1.29, 1.82) is 0 Å². The van der Waals surface area contributed by atoms with Gasteiger partial charge in [-0.25, -0.2) is 4.39 Å². The third-order valence-electron chi connectivity index (χ3n) is 2.70. The molecule has 1 aromatic heterocycles.